The van der Waals surface area contributed by atoms with Gasteiger partial charge in [-0.15, -0.1) is 5.10 Å². The van der Waals surface area contributed by atoms with Gasteiger partial charge >= 0.3 is 0 Å². The van der Waals surface area contributed by atoms with Gasteiger partial charge in [0.05, 0.1) is 29.0 Å². The van der Waals surface area contributed by atoms with E-state index < -0.39 is 0 Å². The molecule has 0 aromatic carbocycles. The summed E-state index contributed by atoms with van der Waals surface area (Å²) in [4.78, 5) is 11.9. The van der Waals surface area contributed by atoms with E-state index in [1.165, 1.54) is 4.68 Å². The number of carbonyl (C=O) groups excluding carboxylic acids is 1. The maximum absolute atomic E-state index is 11.9. The molecule has 8 heteroatoms. The van der Waals surface area contributed by atoms with Gasteiger partial charge in [0.15, 0.2) is 0 Å². The van der Waals surface area contributed by atoms with E-state index in [1.807, 2.05) is 20.8 Å². The fraction of sp³-hybridized carbons (Fsp3) is 0.455. The van der Waals surface area contributed by atoms with Gasteiger partial charge in [0.1, 0.15) is 6.54 Å². The van der Waals surface area contributed by atoms with Crippen molar-refractivity contribution < 1.29 is 4.79 Å². The standard InChI is InChI=1S/C11H17N7O/c1-6(12)9-4-18(17-16-9)5-10(19)13-11-7(2)14-15-8(11)3/h4,6H,5,12H2,1-3H3,(H,13,19)(H,14,15). The number of aryl methyl sites for hydroxylation is 2. The number of aromatic nitrogens is 5. The highest BCUT2D eigenvalue weighted by molar-refractivity contribution is 5.91. The van der Waals surface area contributed by atoms with Crippen molar-refractivity contribution in [3.8, 4) is 0 Å². The predicted octanol–water partition coefficient (Wildman–Crippen LogP) is 0.276. The van der Waals surface area contributed by atoms with Crippen molar-refractivity contribution >= 4 is 11.6 Å². The lowest BCUT2D eigenvalue weighted by Crippen LogP contribution is -2.19. The molecule has 1 unspecified atom stereocenters. The quantitative estimate of drug-likeness (QED) is 0.732. The van der Waals surface area contributed by atoms with Gasteiger partial charge in [-0.2, -0.15) is 5.10 Å². The number of H-pyrrole nitrogens is 1. The summed E-state index contributed by atoms with van der Waals surface area (Å²) in [7, 11) is 0. The normalized spacial score (nSPS) is 12.4. The predicted molar refractivity (Wildman–Crippen MR) is 69.3 cm³/mol. The highest BCUT2D eigenvalue weighted by Gasteiger charge is 2.12. The van der Waals surface area contributed by atoms with Crippen LogP contribution in [0.25, 0.3) is 0 Å². The molecule has 0 radical (unpaired) electrons. The van der Waals surface area contributed by atoms with Gasteiger partial charge in [-0.05, 0) is 20.8 Å². The Labute approximate surface area is 110 Å². The third-order valence-electron chi connectivity index (χ3n) is 2.72. The first-order valence-electron chi connectivity index (χ1n) is 5.94. The summed E-state index contributed by atoms with van der Waals surface area (Å²) in [5.74, 6) is -0.186. The number of aromatic amines is 1. The van der Waals surface area contributed by atoms with E-state index in [4.69, 9.17) is 5.73 Å². The SMILES string of the molecule is Cc1n[nH]c(C)c1NC(=O)Cn1cc(C(C)N)nn1. The highest BCUT2D eigenvalue weighted by Crippen LogP contribution is 2.15. The van der Waals surface area contributed by atoms with Crippen molar-refractivity contribution in [3.05, 3.63) is 23.3 Å². The lowest BCUT2D eigenvalue weighted by atomic mass is 10.3. The van der Waals surface area contributed by atoms with E-state index in [0.29, 0.717) is 11.4 Å². The molecule has 2 aromatic rings. The monoisotopic (exact) mass is 263 g/mol. The van der Waals surface area contributed by atoms with Crippen LogP contribution in [0.15, 0.2) is 6.20 Å². The summed E-state index contributed by atoms with van der Waals surface area (Å²) in [6, 6.07) is -0.199. The minimum Gasteiger partial charge on any atom is -0.323 e. The zero-order valence-corrected chi connectivity index (χ0v) is 11.1. The van der Waals surface area contributed by atoms with Gasteiger partial charge in [0, 0.05) is 6.04 Å². The van der Waals surface area contributed by atoms with Crippen LogP contribution in [0.1, 0.15) is 30.0 Å². The summed E-state index contributed by atoms with van der Waals surface area (Å²) >= 11 is 0. The zero-order chi connectivity index (χ0) is 14.0. The third-order valence-corrected chi connectivity index (χ3v) is 2.72. The molecule has 0 saturated carbocycles. The summed E-state index contributed by atoms with van der Waals surface area (Å²) in [5, 5.41) is 17.4. The van der Waals surface area contributed by atoms with Gasteiger partial charge in [-0.3, -0.25) is 9.89 Å². The van der Waals surface area contributed by atoms with Crippen LogP contribution in [0.4, 0.5) is 5.69 Å². The van der Waals surface area contributed by atoms with Gasteiger partial charge in [0.25, 0.3) is 0 Å². The van der Waals surface area contributed by atoms with E-state index in [2.05, 4.69) is 25.8 Å². The minimum atomic E-state index is -0.199. The Bertz CT molecular complexity index is 564. The second kappa shape index (κ2) is 5.19. The molecular weight excluding hydrogens is 246 g/mol. The largest absolute Gasteiger partial charge is 0.323 e. The van der Waals surface area contributed by atoms with E-state index in [0.717, 1.165) is 11.4 Å². The number of anilines is 1. The van der Waals surface area contributed by atoms with Gasteiger partial charge < -0.3 is 11.1 Å². The Balaban J connectivity index is 2.01. The summed E-state index contributed by atoms with van der Waals surface area (Å²) in [6.45, 7) is 5.57. The molecule has 102 valence electrons. The van der Waals surface area contributed by atoms with Gasteiger partial charge in [-0.25, -0.2) is 4.68 Å². The Hall–Kier alpha value is -2.22. The van der Waals surface area contributed by atoms with Crippen LogP contribution in [0.2, 0.25) is 0 Å². The van der Waals surface area contributed by atoms with Crippen molar-refractivity contribution in [1.82, 2.24) is 25.2 Å². The third kappa shape index (κ3) is 2.97. The van der Waals surface area contributed by atoms with Crippen LogP contribution >= 0.6 is 0 Å². The number of nitrogens with two attached hydrogens (primary N) is 1. The summed E-state index contributed by atoms with van der Waals surface area (Å²) in [6.07, 6.45) is 1.67. The molecule has 0 fully saturated rings. The molecular formula is C11H17N7O. The molecule has 2 heterocycles. The molecule has 0 spiro atoms. The van der Waals surface area contributed by atoms with Crippen LogP contribution in [0, 0.1) is 13.8 Å². The van der Waals surface area contributed by atoms with Gasteiger partial charge in [-0.1, -0.05) is 5.21 Å². The smallest absolute Gasteiger partial charge is 0.246 e. The Kier molecular flexibility index (Phi) is 3.61. The second-order valence-electron chi connectivity index (χ2n) is 4.49. The molecule has 0 aliphatic carbocycles. The average molecular weight is 263 g/mol. The number of nitrogens with zero attached hydrogens (tertiary/aromatic N) is 4. The van der Waals surface area contributed by atoms with E-state index >= 15 is 0 Å². The topological polar surface area (TPSA) is 115 Å². The Morgan fingerprint density at radius 1 is 1.58 bits per heavy atom. The number of rotatable bonds is 4. The molecule has 19 heavy (non-hydrogen) atoms. The van der Waals surface area contributed by atoms with Gasteiger partial charge in [0.2, 0.25) is 5.91 Å². The number of hydrogen-bond acceptors (Lipinski definition) is 5. The van der Waals surface area contributed by atoms with E-state index in [-0.39, 0.29) is 18.5 Å². The zero-order valence-electron chi connectivity index (χ0n) is 11.1. The van der Waals surface area contributed by atoms with E-state index in [1.54, 1.807) is 6.20 Å². The van der Waals surface area contributed by atoms with Crippen molar-refractivity contribution in [2.75, 3.05) is 5.32 Å². The fourth-order valence-electron chi connectivity index (χ4n) is 1.66. The van der Waals surface area contributed by atoms with Crippen LogP contribution < -0.4 is 11.1 Å². The fourth-order valence-corrected chi connectivity index (χ4v) is 1.66. The summed E-state index contributed by atoms with van der Waals surface area (Å²) < 4.78 is 1.46. The molecule has 0 saturated heterocycles. The molecule has 8 nitrogen and oxygen atoms in total. The molecule has 0 aliphatic rings. The minimum absolute atomic E-state index is 0.0871. The van der Waals surface area contributed by atoms with Crippen LogP contribution in [-0.4, -0.2) is 31.1 Å². The molecule has 1 amide bonds. The summed E-state index contributed by atoms with van der Waals surface area (Å²) in [5.41, 5.74) is 8.61. The van der Waals surface area contributed by atoms with Crippen molar-refractivity contribution in [2.45, 2.75) is 33.4 Å². The number of carbonyl (C=O) groups is 1. The maximum atomic E-state index is 11.9. The number of nitrogens with one attached hydrogen (secondary N) is 2. The second-order valence-corrected chi connectivity index (χ2v) is 4.49. The Morgan fingerprint density at radius 3 is 2.84 bits per heavy atom. The number of hydrogen-bond donors (Lipinski definition) is 3. The lowest BCUT2D eigenvalue weighted by molar-refractivity contribution is -0.116. The van der Waals surface area contributed by atoms with Crippen LogP contribution in [0.3, 0.4) is 0 Å². The highest BCUT2D eigenvalue weighted by atomic mass is 16.2. The van der Waals surface area contributed by atoms with Crippen LogP contribution in [0.5, 0.6) is 0 Å². The first kappa shape index (κ1) is 13.2. The molecule has 4 N–H and O–H groups in total. The molecule has 0 aliphatic heterocycles. The maximum Gasteiger partial charge on any atom is 0.246 e. The van der Waals surface area contributed by atoms with Crippen LogP contribution in [-0.2, 0) is 11.3 Å². The van der Waals surface area contributed by atoms with Crippen molar-refractivity contribution in [1.29, 1.82) is 0 Å². The molecule has 0 bridgehead atoms. The Morgan fingerprint density at radius 2 is 2.32 bits per heavy atom. The first-order valence-corrected chi connectivity index (χ1v) is 5.94. The molecule has 1 atom stereocenters. The van der Waals surface area contributed by atoms with Crippen molar-refractivity contribution in [3.63, 3.8) is 0 Å². The number of amides is 1. The van der Waals surface area contributed by atoms with E-state index in [9.17, 15) is 4.79 Å². The van der Waals surface area contributed by atoms with Crippen molar-refractivity contribution in [2.24, 2.45) is 5.73 Å². The average Bonchev–Trinajstić information content (AvgIpc) is 2.91. The molecule has 2 rings (SSSR count). The molecule has 2 aromatic heterocycles. The first-order chi connectivity index (χ1) is 8.97. The lowest BCUT2D eigenvalue weighted by Gasteiger charge is -2.04.